The van der Waals surface area contributed by atoms with Crippen LogP contribution in [-0.4, -0.2) is 26.9 Å². The number of benzene rings is 1. The standard InChI is InChI=1S/C13H17F2NO.ClH/c1-16-8-9-6-11(9)12-7-10(15)2-3-13(12)17-5-4-14;/h2-3,7,9,11,16H,4-6,8H2,1H3;1H/t9-,11+;/m1./s1. The van der Waals surface area contributed by atoms with E-state index in [0.717, 1.165) is 18.5 Å². The van der Waals surface area contributed by atoms with Crippen molar-refractivity contribution < 1.29 is 13.5 Å². The molecular formula is C13H18ClF2NO. The molecule has 0 aromatic heterocycles. The second kappa shape index (κ2) is 6.90. The first-order chi connectivity index (χ1) is 8.26. The van der Waals surface area contributed by atoms with Crippen LogP contribution in [-0.2, 0) is 0 Å². The Bertz CT molecular complexity index is 389. The largest absolute Gasteiger partial charge is 0.491 e. The van der Waals surface area contributed by atoms with Crippen LogP contribution in [0, 0.1) is 11.7 Å². The topological polar surface area (TPSA) is 21.3 Å². The Balaban J connectivity index is 0.00000162. The molecular weight excluding hydrogens is 260 g/mol. The number of hydrogen-bond acceptors (Lipinski definition) is 2. The third kappa shape index (κ3) is 3.56. The Morgan fingerprint density at radius 3 is 2.89 bits per heavy atom. The van der Waals surface area contributed by atoms with Crippen molar-refractivity contribution in [1.29, 1.82) is 0 Å². The van der Waals surface area contributed by atoms with Crippen molar-refractivity contribution in [2.75, 3.05) is 26.9 Å². The molecule has 1 aromatic rings. The van der Waals surface area contributed by atoms with Gasteiger partial charge in [-0.15, -0.1) is 12.4 Å². The van der Waals surface area contributed by atoms with E-state index in [2.05, 4.69) is 5.32 Å². The molecule has 5 heteroatoms. The molecule has 0 radical (unpaired) electrons. The minimum absolute atomic E-state index is 0. The summed E-state index contributed by atoms with van der Waals surface area (Å²) in [5.41, 5.74) is 0.874. The predicted octanol–water partition coefficient (Wildman–Crippen LogP) is 2.92. The zero-order valence-electron chi connectivity index (χ0n) is 10.3. The Hall–Kier alpha value is -0.870. The van der Waals surface area contributed by atoms with Crippen LogP contribution in [0.1, 0.15) is 17.9 Å². The molecule has 0 aliphatic heterocycles. The third-order valence-electron chi connectivity index (χ3n) is 3.09. The van der Waals surface area contributed by atoms with Crippen LogP contribution in [0.3, 0.4) is 0 Å². The average molecular weight is 278 g/mol. The Morgan fingerprint density at radius 1 is 1.44 bits per heavy atom. The Kier molecular flexibility index (Phi) is 5.82. The molecule has 1 aliphatic carbocycles. The van der Waals surface area contributed by atoms with Gasteiger partial charge >= 0.3 is 0 Å². The van der Waals surface area contributed by atoms with Gasteiger partial charge in [-0.3, -0.25) is 0 Å². The van der Waals surface area contributed by atoms with Gasteiger partial charge < -0.3 is 10.1 Å². The number of alkyl halides is 1. The fourth-order valence-electron chi connectivity index (χ4n) is 2.21. The first-order valence-corrected chi connectivity index (χ1v) is 5.89. The highest BCUT2D eigenvalue weighted by atomic mass is 35.5. The van der Waals surface area contributed by atoms with Gasteiger partial charge in [0.2, 0.25) is 0 Å². The highest BCUT2D eigenvalue weighted by molar-refractivity contribution is 5.85. The molecule has 0 saturated heterocycles. The van der Waals surface area contributed by atoms with Gasteiger partial charge in [0, 0.05) is 5.56 Å². The van der Waals surface area contributed by atoms with Gasteiger partial charge in [-0.05, 0) is 50.0 Å². The van der Waals surface area contributed by atoms with Crippen LogP contribution in [0.5, 0.6) is 5.75 Å². The zero-order chi connectivity index (χ0) is 12.3. The number of halogens is 3. The summed E-state index contributed by atoms with van der Waals surface area (Å²) in [6.07, 6.45) is 1.04. The third-order valence-corrected chi connectivity index (χ3v) is 3.09. The molecule has 2 nitrogen and oxygen atoms in total. The van der Waals surface area contributed by atoms with E-state index in [1.807, 2.05) is 7.05 Å². The normalized spacial score (nSPS) is 21.3. The van der Waals surface area contributed by atoms with Crippen LogP contribution in [0.25, 0.3) is 0 Å². The average Bonchev–Trinajstić information content (AvgIpc) is 3.07. The van der Waals surface area contributed by atoms with E-state index in [9.17, 15) is 8.78 Å². The maximum atomic E-state index is 13.2. The van der Waals surface area contributed by atoms with Gasteiger partial charge in [-0.1, -0.05) is 0 Å². The second-order valence-electron chi connectivity index (χ2n) is 4.38. The van der Waals surface area contributed by atoms with Crippen molar-refractivity contribution in [2.45, 2.75) is 12.3 Å². The minimum atomic E-state index is -0.526. The molecule has 0 spiro atoms. The van der Waals surface area contributed by atoms with Gasteiger partial charge in [-0.25, -0.2) is 8.78 Å². The molecule has 0 bridgehead atoms. The van der Waals surface area contributed by atoms with Gasteiger partial charge in [0.15, 0.2) is 0 Å². The summed E-state index contributed by atoms with van der Waals surface area (Å²) in [4.78, 5) is 0. The van der Waals surface area contributed by atoms with E-state index in [0.29, 0.717) is 17.6 Å². The summed E-state index contributed by atoms with van der Waals surface area (Å²) in [6, 6.07) is 4.45. The first-order valence-electron chi connectivity index (χ1n) is 5.89. The van der Waals surface area contributed by atoms with Crippen LogP contribution in [0.4, 0.5) is 8.78 Å². The molecule has 18 heavy (non-hydrogen) atoms. The lowest BCUT2D eigenvalue weighted by Gasteiger charge is -2.10. The number of nitrogens with one attached hydrogen (secondary N) is 1. The van der Waals surface area contributed by atoms with Gasteiger partial charge in [0.1, 0.15) is 24.8 Å². The van der Waals surface area contributed by atoms with Crippen LogP contribution in [0.15, 0.2) is 18.2 Å². The molecule has 0 amide bonds. The van der Waals surface area contributed by atoms with Gasteiger partial charge in [-0.2, -0.15) is 0 Å². The highest BCUT2D eigenvalue weighted by Gasteiger charge is 2.39. The summed E-state index contributed by atoms with van der Waals surface area (Å²) in [7, 11) is 1.90. The van der Waals surface area contributed by atoms with E-state index in [4.69, 9.17) is 4.74 Å². The van der Waals surface area contributed by atoms with E-state index in [-0.39, 0.29) is 24.8 Å². The molecule has 2 rings (SSSR count). The smallest absolute Gasteiger partial charge is 0.123 e. The number of rotatable bonds is 6. The SMILES string of the molecule is CNC[C@H]1C[C@@H]1c1cc(F)ccc1OCCF.Cl. The molecule has 1 aliphatic rings. The lowest BCUT2D eigenvalue weighted by Crippen LogP contribution is -2.10. The maximum Gasteiger partial charge on any atom is 0.123 e. The number of hydrogen-bond donors (Lipinski definition) is 1. The monoisotopic (exact) mass is 277 g/mol. The highest BCUT2D eigenvalue weighted by Crippen LogP contribution is 2.50. The summed E-state index contributed by atoms with van der Waals surface area (Å²) in [6.45, 7) is 0.424. The van der Waals surface area contributed by atoms with Crippen LogP contribution >= 0.6 is 12.4 Å². The molecule has 0 unspecified atom stereocenters. The van der Waals surface area contributed by atoms with Crippen molar-refractivity contribution in [2.24, 2.45) is 5.92 Å². The molecule has 1 fully saturated rings. The van der Waals surface area contributed by atoms with E-state index in [1.165, 1.54) is 12.1 Å². The maximum absolute atomic E-state index is 13.2. The van der Waals surface area contributed by atoms with Crippen molar-refractivity contribution in [3.05, 3.63) is 29.6 Å². The van der Waals surface area contributed by atoms with Crippen molar-refractivity contribution in [3.8, 4) is 5.75 Å². The summed E-state index contributed by atoms with van der Waals surface area (Å²) < 4.78 is 30.6. The predicted molar refractivity (Wildman–Crippen MR) is 69.9 cm³/mol. The summed E-state index contributed by atoms with van der Waals surface area (Å²) in [5, 5.41) is 3.11. The molecule has 102 valence electrons. The lowest BCUT2D eigenvalue weighted by molar-refractivity contribution is 0.270. The second-order valence-corrected chi connectivity index (χ2v) is 4.38. The molecule has 1 aromatic carbocycles. The fourth-order valence-corrected chi connectivity index (χ4v) is 2.21. The quantitative estimate of drug-likeness (QED) is 0.863. The van der Waals surface area contributed by atoms with Crippen molar-refractivity contribution in [3.63, 3.8) is 0 Å². The number of ether oxygens (including phenoxy) is 1. The first kappa shape index (κ1) is 15.2. The van der Waals surface area contributed by atoms with E-state index < -0.39 is 6.67 Å². The van der Waals surface area contributed by atoms with Gasteiger partial charge in [0.25, 0.3) is 0 Å². The van der Waals surface area contributed by atoms with E-state index in [1.54, 1.807) is 6.07 Å². The van der Waals surface area contributed by atoms with Crippen LogP contribution < -0.4 is 10.1 Å². The molecule has 1 N–H and O–H groups in total. The fraction of sp³-hybridized carbons (Fsp3) is 0.538. The van der Waals surface area contributed by atoms with Crippen LogP contribution in [0.2, 0.25) is 0 Å². The molecule has 2 atom stereocenters. The van der Waals surface area contributed by atoms with Crippen molar-refractivity contribution in [1.82, 2.24) is 5.32 Å². The Labute approximate surface area is 112 Å². The molecule has 0 heterocycles. The van der Waals surface area contributed by atoms with Crippen molar-refractivity contribution >= 4 is 12.4 Å². The van der Waals surface area contributed by atoms with E-state index >= 15 is 0 Å². The zero-order valence-corrected chi connectivity index (χ0v) is 11.1. The summed E-state index contributed by atoms with van der Waals surface area (Å²) in [5.74, 6) is 1.23. The Morgan fingerprint density at radius 2 is 2.22 bits per heavy atom. The minimum Gasteiger partial charge on any atom is -0.491 e. The van der Waals surface area contributed by atoms with Gasteiger partial charge in [0.05, 0.1) is 0 Å². The lowest BCUT2D eigenvalue weighted by atomic mass is 10.1. The summed E-state index contributed by atoms with van der Waals surface area (Å²) >= 11 is 0. The molecule has 1 saturated carbocycles.